The van der Waals surface area contributed by atoms with Crippen molar-refractivity contribution in [1.82, 2.24) is 4.90 Å². The normalized spacial score (nSPS) is 16.8. The topological polar surface area (TPSA) is 66.8 Å². The number of benzene rings is 1. The van der Waals surface area contributed by atoms with E-state index in [-0.39, 0.29) is 12.3 Å². The summed E-state index contributed by atoms with van der Waals surface area (Å²) in [6.07, 6.45) is -0.124. The number of hydrogen-bond acceptors (Lipinski definition) is 3. The van der Waals surface area contributed by atoms with Crippen molar-refractivity contribution in [2.45, 2.75) is 12.3 Å². The largest absolute Gasteiger partial charge is 0.481 e. The summed E-state index contributed by atoms with van der Waals surface area (Å²) in [6, 6.07) is 5.20. The fourth-order valence-corrected chi connectivity index (χ4v) is 2.16. The van der Waals surface area contributed by atoms with Gasteiger partial charge in [0.25, 0.3) is 0 Å². The standard InChI is InChI=1S/C14H16FNO4/c15-11-3-1-10(2-4-11)12(14(18)19)9-13(17)16-5-7-20-8-6-16/h1-4,12H,5-9H2,(H,18,19). The lowest BCUT2D eigenvalue weighted by atomic mass is 9.95. The van der Waals surface area contributed by atoms with Crippen molar-refractivity contribution in [2.75, 3.05) is 26.3 Å². The highest BCUT2D eigenvalue weighted by atomic mass is 19.1. The van der Waals surface area contributed by atoms with Crippen molar-refractivity contribution in [3.63, 3.8) is 0 Å². The molecule has 1 aliphatic rings. The van der Waals surface area contributed by atoms with Crippen LogP contribution in [0.2, 0.25) is 0 Å². The zero-order valence-corrected chi connectivity index (χ0v) is 10.9. The molecule has 1 fully saturated rings. The second kappa shape index (κ2) is 6.47. The van der Waals surface area contributed by atoms with Crippen LogP contribution in [0.4, 0.5) is 4.39 Å². The van der Waals surface area contributed by atoms with E-state index in [1.807, 2.05) is 0 Å². The molecule has 1 atom stereocenters. The van der Waals surface area contributed by atoms with Gasteiger partial charge in [0, 0.05) is 19.5 Å². The first-order valence-electron chi connectivity index (χ1n) is 6.41. The molecule has 1 heterocycles. The Bertz CT molecular complexity index is 482. The van der Waals surface area contributed by atoms with Gasteiger partial charge in [0.05, 0.1) is 19.1 Å². The van der Waals surface area contributed by atoms with Gasteiger partial charge in [-0.3, -0.25) is 9.59 Å². The molecule has 1 amide bonds. The minimum absolute atomic E-state index is 0.124. The molecule has 108 valence electrons. The van der Waals surface area contributed by atoms with E-state index >= 15 is 0 Å². The van der Waals surface area contributed by atoms with Gasteiger partial charge in [-0.05, 0) is 17.7 Å². The summed E-state index contributed by atoms with van der Waals surface area (Å²) >= 11 is 0. The van der Waals surface area contributed by atoms with Crippen LogP contribution >= 0.6 is 0 Å². The molecule has 0 aromatic heterocycles. The van der Waals surface area contributed by atoms with Gasteiger partial charge in [0.2, 0.25) is 5.91 Å². The molecular weight excluding hydrogens is 265 g/mol. The van der Waals surface area contributed by atoms with E-state index in [1.165, 1.54) is 24.3 Å². The molecular formula is C14H16FNO4. The van der Waals surface area contributed by atoms with Crippen molar-refractivity contribution in [1.29, 1.82) is 0 Å². The molecule has 0 radical (unpaired) electrons. The smallest absolute Gasteiger partial charge is 0.311 e. The van der Waals surface area contributed by atoms with Crippen LogP contribution in [0.15, 0.2) is 24.3 Å². The molecule has 6 heteroatoms. The Hall–Kier alpha value is -1.95. The predicted octanol–water partition coefficient (Wildman–Crippen LogP) is 1.24. The van der Waals surface area contributed by atoms with Gasteiger partial charge in [-0.2, -0.15) is 0 Å². The summed E-state index contributed by atoms with van der Waals surface area (Å²) in [7, 11) is 0. The van der Waals surface area contributed by atoms with Crippen LogP contribution in [0, 0.1) is 5.82 Å². The summed E-state index contributed by atoms with van der Waals surface area (Å²) < 4.78 is 18.0. The molecule has 20 heavy (non-hydrogen) atoms. The molecule has 1 unspecified atom stereocenters. The molecule has 0 saturated carbocycles. The van der Waals surface area contributed by atoms with E-state index < -0.39 is 17.7 Å². The summed E-state index contributed by atoms with van der Waals surface area (Å²) in [5.74, 6) is -2.69. The second-order valence-corrected chi connectivity index (χ2v) is 4.64. The second-order valence-electron chi connectivity index (χ2n) is 4.64. The van der Waals surface area contributed by atoms with Crippen LogP contribution in [-0.4, -0.2) is 48.2 Å². The molecule has 0 aliphatic carbocycles. The Morgan fingerprint density at radius 3 is 2.40 bits per heavy atom. The Morgan fingerprint density at radius 2 is 1.85 bits per heavy atom. The number of carboxylic acids is 1. The SMILES string of the molecule is O=C(O)C(CC(=O)N1CCOCC1)c1ccc(F)cc1. The third kappa shape index (κ3) is 3.54. The van der Waals surface area contributed by atoms with Crippen LogP contribution in [0.5, 0.6) is 0 Å². The van der Waals surface area contributed by atoms with Gasteiger partial charge in [-0.1, -0.05) is 12.1 Å². The van der Waals surface area contributed by atoms with Gasteiger partial charge in [-0.25, -0.2) is 4.39 Å². The highest BCUT2D eigenvalue weighted by Crippen LogP contribution is 2.22. The first-order chi connectivity index (χ1) is 9.58. The molecule has 2 rings (SSSR count). The lowest BCUT2D eigenvalue weighted by molar-refractivity contribution is -0.144. The van der Waals surface area contributed by atoms with E-state index in [0.29, 0.717) is 31.9 Å². The fraction of sp³-hybridized carbons (Fsp3) is 0.429. The highest BCUT2D eigenvalue weighted by molar-refractivity contribution is 5.85. The Kier molecular flexibility index (Phi) is 4.68. The number of carbonyl (C=O) groups excluding carboxylic acids is 1. The maximum absolute atomic E-state index is 12.9. The van der Waals surface area contributed by atoms with Gasteiger partial charge >= 0.3 is 5.97 Å². The summed E-state index contributed by atoms with van der Waals surface area (Å²) in [6.45, 7) is 1.91. The number of morpholine rings is 1. The van der Waals surface area contributed by atoms with Gasteiger partial charge in [0.1, 0.15) is 5.82 Å². The van der Waals surface area contributed by atoms with Crippen LogP contribution in [0.1, 0.15) is 17.9 Å². The molecule has 5 nitrogen and oxygen atoms in total. The van der Waals surface area contributed by atoms with E-state index in [2.05, 4.69) is 0 Å². The van der Waals surface area contributed by atoms with E-state index in [9.17, 15) is 19.1 Å². The zero-order valence-electron chi connectivity index (χ0n) is 10.9. The van der Waals surface area contributed by atoms with Crippen molar-refractivity contribution in [3.05, 3.63) is 35.6 Å². The van der Waals surface area contributed by atoms with Crippen LogP contribution in [0.25, 0.3) is 0 Å². The number of ether oxygens (including phenoxy) is 1. The Labute approximate surface area is 116 Å². The minimum atomic E-state index is -1.08. The van der Waals surface area contributed by atoms with Gasteiger partial charge in [0.15, 0.2) is 0 Å². The lowest BCUT2D eigenvalue weighted by Crippen LogP contribution is -2.41. The van der Waals surface area contributed by atoms with Gasteiger partial charge in [-0.15, -0.1) is 0 Å². The number of amides is 1. The molecule has 0 bridgehead atoms. The van der Waals surface area contributed by atoms with E-state index in [0.717, 1.165) is 0 Å². The van der Waals surface area contributed by atoms with Crippen LogP contribution in [-0.2, 0) is 14.3 Å². The molecule has 0 spiro atoms. The summed E-state index contributed by atoms with van der Waals surface area (Å²) in [5, 5.41) is 9.25. The number of rotatable bonds is 4. The average Bonchev–Trinajstić information content (AvgIpc) is 2.46. The van der Waals surface area contributed by atoms with Crippen molar-refractivity contribution in [3.8, 4) is 0 Å². The Balaban J connectivity index is 2.07. The van der Waals surface area contributed by atoms with Crippen LogP contribution < -0.4 is 0 Å². The maximum Gasteiger partial charge on any atom is 0.311 e. The number of hydrogen-bond donors (Lipinski definition) is 1. The summed E-state index contributed by atoms with van der Waals surface area (Å²) in [4.78, 5) is 25.0. The predicted molar refractivity (Wildman–Crippen MR) is 68.8 cm³/mol. The number of nitrogens with zero attached hydrogens (tertiary/aromatic N) is 1. The van der Waals surface area contributed by atoms with E-state index in [4.69, 9.17) is 4.74 Å². The molecule has 1 aliphatic heterocycles. The lowest BCUT2D eigenvalue weighted by Gasteiger charge is -2.28. The van der Waals surface area contributed by atoms with Crippen molar-refractivity contribution >= 4 is 11.9 Å². The van der Waals surface area contributed by atoms with Crippen LogP contribution in [0.3, 0.4) is 0 Å². The fourth-order valence-electron chi connectivity index (χ4n) is 2.16. The van der Waals surface area contributed by atoms with Gasteiger partial charge < -0.3 is 14.7 Å². The number of carboxylic acid groups (broad SMARTS) is 1. The van der Waals surface area contributed by atoms with Crippen molar-refractivity contribution in [2.24, 2.45) is 0 Å². The first kappa shape index (κ1) is 14.5. The molecule has 1 saturated heterocycles. The summed E-state index contributed by atoms with van der Waals surface area (Å²) in [5.41, 5.74) is 0.431. The quantitative estimate of drug-likeness (QED) is 0.901. The molecule has 1 N–H and O–H groups in total. The van der Waals surface area contributed by atoms with E-state index in [1.54, 1.807) is 4.90 Å². The maximum atomic E-state index is 12.9. The average molecular weight is 281 g/mol. The first-order valence-corrected chi connectivity index (χ1v) is 6.41. The number of halogens is 1. The third-order valence-electron chi connectivity index (χ3n) is 3.31. The number of carbonyl (C=O) groups is 2. The monoisotopic (exact) mass is 281 g/mol. The van der Waals surface area contributed by atoms with Crippen molar-refractivity contribution < 1.29 is 23.8 Å². The minimum Gasteiger partial charge on any atom is -0.481 e. The third-order valence-corrected chi connectivity index (χ3v) is 3.31. The highest BCUT2D eigenvalue weighted by Gasteiger charge is 2.26. The Morgan fingerprint density at radius 1 is 1.25 bits per heavy atom. The zero-order chi connectivity index (χ0) is 14.5. The molecule has 1 aromatic rings. The number of aliphatic carboxylic acids is 1. The molecule has 1 aromatic carbocycles.